The molecule has 1 aliphatic heterocycles. The predicted molar refractivity (Wildman–Crippen MR) is 121 cm³/mol. The molecule has 160 valence electrons. The monoisotopic (exact) mass is 498 g/mol. The second kappa shape index (κ2) is 11.3. The Morgan fingerprint density at radius 3 is 2.37 bits per heavy atom. The average Bonchev–Trinajstić information content (AvgIpc) is 2.91. The fourth-order valence-corrected chi connectivity index (χ4v) is 2.84. The number of carbonyl (C=O) groups excluding carboxylic acids is 1. The molecule has 0 aromatic heterocycles. The molecule has 27 heavy (non-hydrogen) atoms. The van der Waals surface area contributed by atoms with E-state index in [-0.39, 0.29) is 47.6 Å². The molecule has 2 atom stereocenters. The second-order valence-corrected chi connectivity index (χ2v) is 8.86. The maximum absolute atomic E-state index is 12.0. The Kier molecular flexibility index (Phi) is 11.0. The number of halogens is 1. The van der Waals surface area contributed by atoms with E-state index in [2.05, 4.69) is 43.2 Å². The topological polar surface area (TPSA) is 75.2 Å². The molecule has 0 aliphatic carbocycles. The highest BCUT2D eigenvalue weighted by Gasteiger charge is 2.29. The van der Waals surface area contributed by atoms with Gasteiger partial charge in [0.25, 0.3) is 0 Å². The number of methoxy groups -OCH3 is 1. The number of hydrogen-bond donors (Lipinski definition) is 2. The minimum absolute atomic E-state index is 0. The van der Waals surface area contributed by atoms with Gasteiger partial charge in [-0.3, -0.25) is 4.99 Å². The van der Waals surface area contributed by atoms with E-state index in [9.17, 15) is 4.79 Å². The molecule has 1 aliphatic rings. The summed E-state index contributed by atoms with van der Waals surface area (Å²) in [7, 11) is 1.73. The smallest absolute Gasteiger partial charge is 0.407 e. The molecule has 0 aromatic rings. The van der Waals surface area contributed by atoms with Gasteiger partial charge >= 0.3 is 6.09 Å². The molecule has 7 nitrogen and oxygen atoms in total. The van der Waals surface area contributed by atoms with Crippen LogP contribution in [-0.2, 0) is 9.47 Å². The predicted octanol–water partition coefficient (Wildman–Crippen LogP) is 3.23. The van der Waals surface area contributed by atoms with E-state index < -0.39 is 5.60 Å². The van der Waals surface area contributed by atoms with Crippen LogP contribution < -0.4 is 10.6 Å². The van der Waals surface area contributed by atoms with E-state index in [0.29, 0.717) is 6.54 Å². The second-order valence-electron chi connectivity index (χ2n) is 8.86. The summed E-state index contributed by atoms with van der Waals surface area (Å²) in [6.45, 7) is 17.1. The van der Waals surface area contributed by atoms with Crippen LogP contribution in [0.4, 0.5) is 4.79 Å². The number of amides is 1. The van der Waals surface area contributed by atoms with E-state index in [4.69, 9.17) is 14.5 Å². The molecule has 1 rings (SSSR count). The van der Waals surface area contributed by atoms with Crippen molar-refractivity contribution in [3.8, 4) is 0 Å². The van der Waals surface area contributed by atoms with E-state index in [1.54, 1.807) is 7.11 Å². The first kappa shape index (κ1) is 26.2. The minimum Gasteiger partial charge on any atom is -0.444 e. The van der Waals surface area contributed by atoms with Crippen LogP contribution >= 0.6 is 24.0 Å². The van der Waals surface area contributed by atoms with E-state index in [1.807, 2.05) is 20.8 Å². The van der Waals surface area contributed by atoms with Gasteiger partial charge in [-0.2, -0.15) is 0 Å². The number of ether oxygens (including phenoxy) is 2. The molecule has 0 radical (unpaired) electrons. The Morgan fingerprint density at radius 1 is 1.26 bits per heavy atom. The third-order valence-corrected chi connectivity index (χ3v) is 4.20. The summed E-state index contributed by atoms with van der Waals surface area (Å²) in [6.07, 6.45) is 0.560. The average molecular weight is 498 g/mol. The van der Waals surface area contributed by atoms with Crippen molar-refractivity contribution in [3.63, 3.8) is 0 Å². The van der Waals surface area contributed by atoms with Gasteiger partial charge in [-0.15, -0.1) is 24.0 Å². The lowest BCUT2D eigenvalue weighted by molar-refractivity contribution is 0.0240. The third-order valence-electron chi connectivity index (χ3n) is 4.20. The van der Waals surface area contributed by atoms with Crippen molar-refractivity contribution in [1.29, 1.82) is 0 Å². The van der Waals surface area contributed by atoms with Crippen molar-refractivity contribution < 1.29 is 14.3 Å². The highest BCUT2D eigenvalue weighted by Crippen LogP contribution is 2.22. The van der Waals surface area contributed by atoms with Crippen LogP contribution in [0.2, 0.25) is 0 Å². The van der Waals surface area contributed by atoms with Gasteiger partial charge in [0.1, 0.15) is 5.60 Å². The lowest BCUT2D eigenvalue weighted by Gasteiger charge is -2.29. The number of aliphatic imine (C=N–C) groups is 1. The summed E-state index contributed by atoms with van der Waals surface area (Å²) >= 11 is 0. The Balaban J connectivity index is 0.00000676. The largest absolute Gasteiger partial charge is 0.444 e. The minimum atomic E-state index is -0.485. The molecular formula is C19H39IN4O3. The maximum Gasteiger partial charge on any atom is 0.407 e. The molecule has 1 fully saturated rings. The molecule has 0 bridgehead atoms. The van der Waals surface area contributed by atoms with E-state index in [0.717, 1.165) is 32.0 Å². The summed E-state index contributed by atoms with van der Waals surface area (Å²) in [5, 5.41) is 6.30. The molecule has 1 amide bonds. The van der Waals surface area contributed by atoms with Gasteiger partial charge in [0.05, 0.1) is 18.7 Å². The van der Waals surface area contributed by atoms with Gasteiger partial charge in [0, 0.05) is 26.7 Å². The van der Waals surface area contributed by atoms with Gasteiger partial charge in [-0.1, -0.05) is 20.8 Å². The Hall–Kier alpha value is -0.770. The first-order valence-corrected chi connectivity index (χ1v) is 9.51. The van der Waals surface area contributed by atoms with Crippen molar-refractivity contribution in [2.75, 3.05) is 33.3 Å². The normalized spacial score (nSPS) is 19.3. The highest BCUT2D eigenvalue weighted by atomic mass is 127. The summed E-state index contributed by atoms with van der Waals surface area (Å²) in [5.41, 5.74) is -0.456. The van der Waals surface area contributed by atoms with E-state index >= 15 is 0 Å². The Bertz CT molecular complexity index is 486. The van der Waals surface area contributed by atoms with Gasteiger partial charge in [-0.05, 0) is 39.5 Å². The van der Waals surface area contributed by atoms with Crippen molar-refractivity contribution in [1.82, 2.24) is 15.5 Å². The number of carbonyl (C=O) groups is 1. The zero-order valence-corrected chi connectivity index (χ0v) is 20.5. The maximum atomic E-state index is 12.0. The molecule has 8 heteroatoms. The summed E-state index contributed by atoms with van der Waals surface area (Å²) < 4.78 is 10.9. The van der Waals surface area contributed by atoms with Crippen molar-refractivity contribution in [2.24, 2.45) is 10.4 Å². The standard InChI is InChI=1S/C19H38N4O3.HI/c1-9-20-16(21-12-15(25-8)18(2,3)4)23-11-10-14(13-23)22-17(24)26-19(5,6)7;/h14-15H,9-13H2,1-8H3,(H,20,21)(H,22,24);1H. The Morgan fingerprint density at radius 2 is 1.89 bits per heavy atom. The van der Waals surface area contributed by atoms with Gasteiger partial charge < -0.3 is 25.0 Å². The van der Waals surface area contributed by atoms with Crippen LogP contribution in [0.25, 0.3) is 0 Å². The van der Waals surface area contributed by atoms with Crippen LogP contribution in [0.3, 0.4) is 0 Å². The van der Waals surface area contributed by atoms with Gasteiger partial charge in [-0.25, -0.2) is 4.79 Å². The number of guanidine groups is 1. The molecule has 0 saturated carbocycles. The molecule has 1 saturated heterocycles. The van der Waals surface area contributed by atoms with Crippen LogP contribution in [0.1, 0.15) is 54.9 Å². The molecular weight excluding hydrogens is 459 g/mol. The van der Waals surface area contributed by atoms with E-state index in [1.165, 1.54) is 0 Å². The zero-order chi connectivity index (χ0) is 20.0. The van der Waals surface area contributed by atoms with Crippen molar-refractivity contribution in [2.45, 2.75) is 72.6 Å². The van der Waals surface area contributed by atoms with Crippen LogP contribution in [-0.4, -0.2) is 68.0 Å². The molecule has 2 N–H and O–H groups in total. The fourth-order valence-electron chi connectivity index (χ4n) is 2.84. The first-order chi connectivity index (χ1) is 12.0. The molecule has 0 spiro atoms. The molecule has 1 heterocycles. The lowest BCUT2D eigenvalue weighted by atomic mass is 9.89. The molecule has 2 unspecified atom stereocenters. The number of nitrogens with zero attached hydrogens (tertiary/aromatic N) is 2. The summed E-state index contributed by atoms with van der Waals surface area (Å²) in [5.74, 6) is 0.868. The number of nitrogens with one attached hydrogen (secondary N) is 2. The molecule has 0 aromatic carbocycles. The third kappa shape index (κ3) is 9.82. The van der Waals surface area contributed by atoms with Gasteiger partial charge in [0.15, 0.2) is 5.96 Å². The van der Waals surface area contributed by atoms with Crippen LogP contribution in [0.5, 0.6) is 0 Å². The Labute approximate surface area is 182 Å². The SMILES string of the molecule is CCNC(=NCC(OC)C(C)(C)C)N1CCC(NC(=O)OC(C)(C)C)C1.I. The number of likely N-dealkylation sites (tertiary alicyclic amines) is 1. The summed E-state index contributed by atoms with van der Waals surface area (Å²) in [4.78, 5) is 18.9. The van der Waals surface area contributed by atoms with Gasteiger partial charge in [0.2, 0.25) is 0 Å². The number of hydrogen-bond acceptors (Lipinski definition) is 4. The summed E-state index contributed by atoms with van der Waals surface area (Å²) in [6, 6.07) is 0.0644. The quantitative estimate of drug-likeness (QED) is 0.346. The first-order valence-electron chi connectivity index (χ1n) is 9.51. The number of rotatable bonds is 5. The highest BCUT2D eigenvalue weighted by molar-refractivity contribution is 14.0. The van der Waals surface area contributed by atoms with Crippen LogP contribution in [0, 0.1) is 5.41 Å². The fraction of sp³-hybridized carbons (Fsp3) is 0.895. The van der Waals surface area contributed by atoms with Crippen molar-refractivity contribution in [3.05, 3.63) is 0 Å². The number of alkyl carbamates (subject to hydrolysis) is 1. The zero-order valence-electron chi connectivity index (χ0n) is 18.2. The lowest BCUT2D eigenvalue weighted by Crippen LogP contribution is -2.44. The van der Waals surface area contributed by atoms with Crippen molar-refractivity contribution >= 4 is 36.0 Å². The van der Waals surface area contributed by atoms with Crippen LogP contribution in [0.15, 0.2) is 4.99 Å².